The Bertz CT molecular complexity index is 269. The maximum absolute atomic E-state index is 8.85. The van der Waals surface area contributed by atoms with E-state index in [0.717, 1.165) is 23.9 Å². The van der Waals surface area contributed by atoms with E-state index in [0.29, 0.717) is 0 Å². The van der Waals surface area contributed by atoms with E-state index in [9.17, 15) is 0 Å². The van der Waals surface area contributed by atoms with Gasteiger partial charge in [-0.2, -0.15) is 0 Å². The molecule has 0 aliphatic carbocycles. The summed E-state index contributed by atoms with van der Waals surface area (Å²) in [6, 6.07) is 8.12. The summed E-state index contributed by atoms with van der Waals surface area (Å²) in [7, 11) is 0. The second-order valence-electron chi connectivity index (χ2n) is 3.20. The molecular formula is C10H13NOS. The summed E-state index contributed by atoms with van der Waals surface area (Å²) < 4.78 is 0. The minimum absolute atomic E-state index is 0.135. The molecule has 0 bridgehead atoms. The van der Waals surface area contributed by atoms with Gasteiger partial charge in [0, 0.05) is 23.2 Å². The number of thioether (sulfide) groups is 1. The predicted molar refractivity (Wildman–Crippen MR) is 54.9 cm³/mol. The Labute approximate surface area is 82.4 Å². The maximum atomic E-state index is 8.85. The predicted octanol–water partition coefficient (Wildman–Crippen LogP) is 1.24. The van der Waals surface area contributed by atoms with Crippen LogP contribution in [0.4, 0.5) is 0 Å². The van der Waals surface area contributed by atoms with Gasteiger partial charge in [0.2, 0.25) is 0 Å². The summed E-state index contributed by atoms with van der Waals surface area (Å²) >= 11 is 1.91. The lowest BCUT2D eigenvalue weighted by molar-refractivity contribution is 0.282. The van der Waals surface area contributed by atoms with Gasteiger partial charge in [-0.1, -0.05) is 12.1 Å². The van der Waals surface area contributed by atoms with Gasteiger partial charge >= 0.3 is 0 Å². The van der Waals surface area contributed by atoms with E-state index in [1.54, 1.807) is 0 Å². The molecule has 0 radical (unpaired) electrons. The second kappa shape index (κ2) is 4.13. The number of aliphatic hydroxyl groups is 1. The quantitative estimate of drug-likeness (QED) is 0.761. The first-order valence-electron chi connectivity index (χ1n) is 4.45. The first-order chi connectivity index (χ1) is 6.38. The fourth-order valence-corrected chi connectivity index (χ4v) is 2.29. The van der Waals surface area contributed by atoms with Crippen molar-refractivity contribution in [3.05, 3.63) is 29.8 Å². The van der Waals surface area contributed by atoms with E-state index < -0.39 is 0 Å². The average molecular weight is 195 g/mol. The molecule has 1 aromatic carbocycles. The third-order valence-corrected chi connectivity index (χ3v) is 3.36. The summed E-state index contributed by atoms with van der Waals surface area (Å²) in [4.78, 5) is 1.30. The van der Waals surface area contributed by atoms with Crippen molar-refractivity contribution in [3.63, 3.8) is 0 Å². The van der Waals surface area contributed by atoms with Crippen LogP contribution in [-0.2, 0) is 6.61 Å². The Morgan fingerprint density at radius 3 is 2.46 bits per heavy atom. The highest BCUT2D eigenvalue weighted by molar-refractivity contribution is 8.00. The third kappa shape index (κ3) is 2.24. The monoisotopic (exact) mass is 195 g/mol. The smallest absolute Gasteiger partial charge is 0.0681 e. The third-order valence-electron chi connectivity index (χ3n) is 2.15. The van der Waals surface area contributed by atoms with Crippen molar-refractivity contribution in [2.45, 2.75) is 16.8 Å². The van der Waals surface area contributed by atoms with Gasteiger partial charge in [-0.05, 0) is 17.7 Å². The fraction of sp³-hybridized carbons (Fsp3) is 0.400. The van der Waals surface area contributed by atoms with Gasteiger partial charge in [0.15, 0.2) is 0 Å². The first kappa shape index (κ1) is 9.06. The van der Waals surface area contributed by atoms with Gasteiger partial charge < -0.3 is 10.4 Å². The maximum Gasteiger partial charge on any atom is 0.0681 e. The molecule has 1 aliphatic heterocycles. The van der Waals surface area contributed by atoms with Crippen LogP contribution in [0.5, 0.6) is 0 Å². The summed E-state index contributed by atoms with van der Waals surface area (Å²) in [5.74, 6) is 0. The summed E-state index contributed by atoms with van der Waals surface area (Å²) in [5.41, 5.74) is 0.982. The molecule has 0 unspecified atom stereocenters. The molecule has 1 saturated heterocycles. The number of benzene rings is 1. The van der Waals surface area contributed by atoms with Crippen LogP contribution in [0.3, 0.4) is 0 Å². The van der Waals surface area contributed by atoms with Crippen molar-refractivity contribution < 1.29 is 5.11 Å². The first-order valence-corrected chi connectivity index (χ1v) is 5.33. The van der Waals surface area contributed by atoms with Gasteiger partial charge in [-0.25, -0.2) is 0 Å². The molecule has 0 saturated carbocycles. The van der Waals surface area contributed by atoms with Crippen LogP contribution in [0.2, 0.25) is 0 Å². The molecule has 1 aliphatic rings. The molecule has 2 N–H and O–H groups in total. The molecule has 2 rings (SSSR count). The highest BCUT2D eigenvalue weighted by Crippen LogP contribution is 2.25. The van der Waals surface area contributed by atoms with E-state index >= 15 is 0 Å². The zero-order chi connectivity index (χ0) is 9.10. The molecule has 0 atom stereocenters. The molecule has 0 amide bonds. The Morgan fingerprint density at radius 1 is 1.31 bits per heavy atom. The standard InChI is InChI=1S/C10H13NOS/c12-7-8-1-3-9(4-2-8)13-10-5-11-6-10/h1-4,10-12H,5-7H2. The fourth-order valence-electron chi connectivity index (χ4n) is 1.21. The van der Waals surface area contributed by atoms with Crippen LogP contribution in [0.25, 0.3) is 0 Å². The van der Waals surface area contributed by atoms with E-state index in [-0.39, 0.29) is 6.61 Å². The lowest BCUT2D eigenvalue weighted by Gasteiger charge is -2.26. The summed E-state index contributed by atoms with van der Waals surface area (Å²) in [6.45, 7) is 2.37. The van der Waals surface area contributed by atoms with Crippen LogP contribution < -0.4 is 5.32 Å². The molecule has 1 heterocycles. The molecule has 0 spiro atoms. The Hall–Kier alpha value is -0.510. The zero-order valence-electron chi connectivity index (χ0n) is 7.36. The highest BCUT2D eigenvalue weighted by Gasteiger charge is 2.17. The minimum atomic E-state index is 0.135. The van der Waals surface area contributed by atoms with Crippen LogP contribution in [0.15, 0.2) is 29.2 Å². The molecule has 3 heteroatoms. The number of hydrogen-bond acceptors (Lipinski definition) is 3. The van der Waals surface area contributed by atoms with Crippen molar-refractivity contribution in [3.8, 4) is 0 Å². The average Bonchev–Trinajstić information content (AvgIpc) is 2.12. The number of rotatable bonds is 3. The normalized spacial score (nSPS) is 17.0. The number of aliphatic hydroxyl groups excluding tert-OH is 1. The molecule has 2 nitrogen and oxygen atoms in total. The van der Waals surface area contributed by atoms with E-state index in [1.807, 2.05) is 23.9 Å². The van der Waals surface area contributed by atoms with Crippen molar-refractivity contribution in [2.24, 2.45) is 0 Å². The van der Waals surface area contributed by atoms with Crippen molar-refractivity contribution in [2.75, 3.05) is 13.1 Å². The Kier molecular flexibility index (Phi) is 2.88. The SMILES string of the molecule is OCc1ccc(SC2CNC2)cc1. The van der Waals surface area contributed by atoms with Gasteiger partial charge in [-0.15, -0.1) is 11.8 Å². The van der Waals surface area contributed by atoms with Crippen molar-refractivity contribution in [1.82, 2.24) is 5.32 Å². The van der Waals surface area contributed by atoms with Gasteiger partial charge in [-0.3, -0.25) is 0 Å². The Morgan fingerprint density at radius 2 is 2.00 bits per heavy atom. The van der Waals surface area contributed by atoms with Crippen LogP contribution >= 0.6 is 11.8 Å². The summed E-state index contributed by atoms with van der Waals surface area (Å²) in [5, 5.41) is 12.8. The lowest BCUT2D eigenvalue weighted by atomic mass is 10.2. The van der Waals surface area contributed by atoms with Crippen LogP contribution in [0.1, 0.15) is 5.56 Å². The molecule has 70 valence electrons. The molecule has 1 fully saturated rings. The van der Waals surface area contributed by atoms with Gasteiger partial charge in [0.05, 0.1) is 6.61 Å². The lowest BCUT2D eigenvalue weighted by Crippen LogP contribution is -2.44. The topological polar surface area (TPSA) is 32.3 Å². The van der Waals surface area contributed by atoms with Gasteiger partial charge in [0.25, 0.3) is 0 Å². The van der Waals surface area contributed by atoms with Crippen molar-refractivity contribution >= 4 is 11.8 Å². The Balaban J connectivity index is 1.96. The molecule has 13 heavy (non-hydrogen) atoms. The van der Waals surface area contributed by atoms with Gasteiger partial charge in [0.1, 0.15) is 0 Å². The van der Waals surface area contributed by atoms with E-state index in [4.69, 9.17) is 5.11 Å². The van der Waals surface area contributed by atoms with E-state index in [1.165, 1.54) is 4.90 Å². The number of hydrogen-bond donors (Lipinski definition) is 2. The largest absolute Gasteiger partial charge is 0.392 e. The van der Waals surface area contributed by atoms with Crippen LogP contribution in [-0.4, -0.2) is 23.4 Å². The minimum Gasteiger partial charge on any atom is -0.392 e. The zero-order valence-corrected chi connectivity index (χ0v) is 8.18. The summed E-state index contributed by atoms with van der Waals surface area (Å²) in [6.07, 6.45) is 0. The molecular weight excluding hydrogens is 182 g/mol. The van der Waals surface area contributed by atoms with Crippen molar-refractivity contribution in [1.29, 1.82) is 0 Å². The second-order valence-corrected chi connectivity index (χ2v) is 4.57. The molecule has 0 aromatic heterocycles. The van der Waals surface area contributed by atoms with Crippen LogP contribution in [0, 0.1) is 0 Å². The highest BCUT2D eigenvalue weighted by atomic mass is 32.2. The number of nitrogens with one attached hydrogen (secondary N) is 1. The van der Waals surface area contributed by atoms with E-state index in [2.05, 4.69) is 17.4 Å². The molecule has 1 aromatic rings.